The molecule has 1 aromatic rings. The van der Waals surface area contributed by atoms with Crippen LogP contribution < -0.4 is 21.3 Å². The van der Waals surface area contributed by atoms with E-state index in [0.29, 0.717) is 25.8 Å². The molecule has 0 saturated heterocycles. The van der Waals surface area contributed by atoms with Crippen LogP contribution in [-0.4, -0.2) is 48.3 Å². The maximum Gasteiger partial charge on any atom is 0.247 e. The Bertz CT molecular complexity index is 1050. The lowest BCUT2D eigenvalue weighted by atomic mass is 10.0. The zero-order chi connectivity index (χ0) is 30.0. The Morgan fingerprint density at radius 2 is 1.76 bits per heavy atom. The zero-order valence-electron chi connectivity index (χ0n) is 25.3. The highest BCUT2D eigenvalue weighted by molar-refractivity contribution is 5.93. The Labute approximate surface area is 246 Å². The van der Waals surface area contributed by atoms with Crippen LogP contribution in [-0.2, 0) is 25.6 Å². The molecule has 0 bridgehead atoms. The van der Waals surface area contributed by atoms with Gasteiger partial charge in [0.15, 0.2) is 0 Å². The van der Waals surface area contributed by atoms with Gasteiger partial charge in [0, 0.05) is 31.5 Å². The van der Waals surface area contributed by atoms with E-state index in [9.17, 15) is 19.2 Å². The van der Waals surface area contributed by atoms with E-state index in [0.717, 1.165) is 30.4 Å². The molecule has 1 aliphatic rings. The van der Waals surface area contributed by atoms with Crippen LogP contribution in [0.4, 0.5) is 0 Å². The molecule has 3 atom stereocenters. The van der Waals surface area contributed by atoms with Crippen LogP contribution in [0.5, 0.6) is 0 Å². The van der Waals surface area contributed by atoms with Crippen molar-refractivity contribution in [2.24, 2.45) is 5.92 Å². The second-order valence-electron chi connectivity index (χ2n) is 11.3. The molecule has 1 aliphatic heterocycles. The van der Waals surface area contributed by atoms with Crippen molar-refractivity contribution in [2.45, 2.75) is 110 Å². The van der Waals surface area contributed by atoms with Gasteiger partial charge in [-0.25, -0.2) is 0 Å². The summed E-state index contributed by atoms with van der Waals surface area (Å²) in [4.78, 5) is 51.7. The largest absolute Gasteiger partial charge is 0.352 e. The van der Waals surface area contributed by atoms with Gasteiger partial charge >= 0.3 is 0 Å². The zero-order valence-corrected chi connectivity index (χ0v) is 25.3. The van der Waals surface area contributed by atoms with Gasteiger partial charge in [-0.3, -0.25) is 19.2 Å². The number of aryl methyl sites for hydroxylation is 1. The van der Waals surface area contributed by atoms with Crippen LogP contribution >= 0.6 is 0 Å². The lowest BCUT2D eigenvalue weighted by Gasteiger charge is -2.25. The summed E-state index contributed by atoms with van der Waals surface area (Å²) in [6.45, 7) is 8.49. The molecule has 1 heterocycles. The van der Waals surface area contributed by atoms with Gasteiger partial charge in [-0.15, -0.1) is 0 Å². The van der Waals surface area contributed by atoms with Gasteiger partial charge in [0.1, 0.15) is 12.1 Å². The Kier molecular flexibility index (Phi) is 15.5. The van der Waals surface area contributed by atoms with Crippen LogP contribution in [0.15, 0.2) is 48.6 Å². The molecule has 2 rings (SSSR count). The third-order valence-electron chi connectivity index (χ3n) is 7.18. The summed E-state index contributed by atoms with van der Waals surface area (Å²) >= 11 is 0. The standard InChI is InChI=1S/C33H50N4O4/c1-5-6-7-8-9-10-11-18-31(39)35-29(23-26-16-14-15-25(4)22-26)33(41)37-28-17-12-13-21-34-30(38)20-19-27(24(2)3)36-32(28)40/h12,14-17,19-20,22,24,27-29H,5-11,13,18,21,23H2,1-4H3,(H,34,38)(H,35,39)(H,36,40)(H,37,41)/b17-12+,20-19+/t27-,28+,29+/m1/s1. The van der Waals surface area contributed by atoms with Crippen molar-refractivity contribution in [3.05, 3.63) is 59.7 Å². The van der Waals surface area contributed by atoms with E-state index in [2.05, 4.69) is 28.2 Å². The Balaban J connectivity index is 2.12. The number of carbonyl (C=O) groups excluding carboxylic acids is 4. The minimum Gasteiger partial charge on any atom is -0.352 e. The summed E-state index contributed by atoms with van der Waals surface area (Å²) in [5.41, 5.74) is 2.00. The van der Waals surface area contributed by atoms with Gasteiger partial charge < -0.3 is 21.3 Å². The first-order chi connectivity index (χ1) is 19.7. The molecule has 0 aromatic heterocycles. The maximum absolute atomic E-state index is 13.6. The summed E-state index contributed by atoms with van der Waals surface area (Å²) in [6.07, 6.45) is 15.5. The molecular formula is C33H50N4O4. The quantitative estimate of drug-likeness (QED) is 0.197. The predicted molar refractivity (Wildman–Crippen MR) is 164 cm³/mol. The molecule has 1 aromatic carbocycles. The van der Waals surface area contributed by atoms with Crippen LogP contribution in [0.1, 0.15) is 89.7 Å². The SMILES string of the molecule is CCCCCCCCCC(=O)N[C@@H](Cc1cccc(C)c1)C(=O)N[C@H]1/C=C/CCNC(=O)/C=C/[C@H](C(C)C)NC1=O. The Morgan fingerprint density at radius 3 is 2.46 bits per heavy atom. The lowest BCUT2D eigenvalue weighted by Crippen LogP contribution is -2.55. The van der Waals surface area contributed by atoms with Gasteiger partial charge in [-0.1, -0.05) is 107 Å². The van der Waals surface area contributed by atoms with Crippen molar-refractivity contribution in [3.63, 3.8) is 0 Å². The molecule has 0 radical (unpaired) electrons. The Morgan fingerprint density at radius 1 is 1.02 bits per heavy atom. The second-order valence-corrected chi connectivity index (χ2v) is 11.3. The van der Waals surface area contributed by atoms with E-state index in [4.69, 9.17) is 0 Å². The van der Waals surface area contributed by atoms with E-state index in [-0.39, 0.29) is 29.7 Å². The van der Waals surface area contributed by atoms with Crippen molar-refractivity contribution in [2.75, 3.05) is 6.54 Å². The summed E-state index contributed by atoms with van der Waals surface area (Å²) in [6, 6.07) is 5.72. The number of hydrogen-bond donors (Lipinski definition) is 4. The fourth-order valence-corrected chi connectivity index (χ4v) is 4.70. The average molecular weight is 567 g/mol. The molecule has 41 heavy (non-hydrogen) atoms. The number of amides is 4. The van der Waals surface area contributed by atoms with Gasteiger partial charge in [-0.05, 0) is 31.2 Å². The van der Waals surface area contributed by atoms with E-state index < -0.39 is 18.0 Å². The van der Waals surface area contributed by atoms with Gasteiger partial charge in [0.05, 0.1) is 0 Å². The van der Waals surface area contributed by atoms with E-state index in [1.54, 1.807) is 18.2 Å². The monoisotopic (exact) mass is 566 g/mol. The first-order valence-electron chi connectivity index (χ1n) is 15.3. The number of hydrogen-bond acceptors (Lipinski definition) is 4. The van der Waals surface area contributed by atoms with E-state index in [1.165, 1.54) is 31.8 Å². The molecule has 0 spiro atoms. The van der Waals surface area contributed by atoms with E-state index >= 15 is 0 Å². The van der Waals surface area contributed by atoms with E-state index in [1.807, 2.05) is 45.0 Å². The third kappa shape index (κ3) is 13.7. The van der Waals surface area contributed by atoms with Crippen molar-refractivity contribution in [1.29, 1.82) is 0 Å². The fraction of sp³-hybridized carbons (Fsp3) is 0.576. The molecule has 4 N–H and O–H groups in total. The van der Waals surface area contributed by atoms with Crippen LogP contribution in [0.2, 0.25) is 0 Å². The molecular weight excluding hydrogens is 516 g/mol. The lowest BCUT2D eigenvalue weighted by molar-refractivity contribution is -0.131. The summed E-state index contributed by atoms with van der Waals surface area (Å²) in [5, 5.41) is 11.5. The minimum atomic E-state index is -0.924. The summed E-state index contributed by atoms with van der Waals surface area (Å²) in [5.74, 6) is -1.13. The van der Waals surface area contributed by atoms with Crippen molar-refractivity contribution in [3.8, 4) is 0 Å². The second kappa shape index (κ2) is 18.8. The van der Waals surface area contributed by atoms with Crippen LogP contribution in [0, 0.1) is 12.8 Å². The highest BCUT2D eigenvalue weighted by Crippen LogP contribution is 2.11. The topological polar surface area (TPSA) is 116 Å². The minimum absolute atomic E-state index is 0.0336. The molecule has 4 amide bonds. The van der Waals surface area contributed by atoms with Gasteiger partial charge in [0.25, 0.3) is 0 Å². The summed E-state index contributed by atoms with van der Waals surface area (Å²) in [7, 11) is 0. The number of nitrogens with one attached hydrogen (secondary N) is 4. The number of benzene rings is 1. The van der Waals surface area contributed by atoms with Gasteiger partial charge in [-0.2, -0.15) is 0 Å². The van der Waals surface area contributed by atoms with Crippen LogP contribution in [0.25, 0.3) is 0 Å². The highest BCUT2D eigenvalue weighted by atomic mass is 16.2. The molecule has 0 fully saturated rings. The molecule has 8 nitrogen and oxygen atoms in total. The molecule has 226 valence electrons. The average Bonchev–Trinajstić information content (AvgIpc) is 2.92. The molecule has 8 heteroatoms. The summed E-state index contributed by atoms with van der Waals surface area (Å²) < 4.78 is 0. The Hall–Kier alpha value is -3.42. The van der Waals surface area contributed by atoms with Crippen molar-refractivity contribution in [1.82, 2.24) is 21.3 Å². The number of rotatable bonds is 14. The molecule has 0 saturated carbocycles. The smallest absolute Gasteiger partial charge is 0.247 e. The fourth-order valence-electron chi connectivity index (χ4n) is 4.70. The third-order valence-corrected chi connectivity index (χ3v) is 7.18. The molecule has 0 unspecified atom stereocenters. The molecule has 0 aliphatic carbocycles. The number of unbranched alkanes of at least 4 members (excludes halogenated alkanes) is 6. The first kappa shape index (κ1) is 33.8. The predicted octanol–water partition coefficient (Wildman–Crippen LogP) is 4.42. The van der Waals surface area contributed by atoms with Crippen molar-refractivity contribution < 1.29 is 19.2 Å². The highest BCUT2D eigenvalue weighted by Gasteiger charge is 2.27. The normalized spacial score (nSPS) is 20.1. The van der Waals surface area contributed by atoms with Crippen LogP contribution in [0.3, 0.4) is 0 Å². The van der Waals surface area contributed by atoms with Gasteiger partial charge in [0.2, 0.25) is 23.6 Å². The maximum atomic E-state index is 13.6. The first-order valence-corrected chi connectivity index (χ1v) is 15.3. The number of carbonyl (C=O) groups is 4. The van der Waals surface area contributed by atoms with Crippen molar-refractivity contribution >= 4 is 23.6 Å².